The van der Waals surface area contributed by atoms with Crippen molar-refractivity contribution in [2.75, 3.05) is 11.9 Å². The van der Waals surface area contributed by atoms with Crippen molar-refractivity contribution in [2.24, 2.45) is 0 Å². The minimum atomic E-state index is -0.333. The van der Waals surface area contributed by atoms with Crippen LogP contribution in [0.15, 0.2) is 36.4 Å². The van der Waals surface area contributed by atoms with E-state index in [0.29, 0.717) is 27.0 Å². The predicted molar refractivity (Wildman–Crippen MR) is 116 cm³/mol. The Labute approximate surface area is 180 Å². The molecule has 0 unspecified atom stereocenters. The van der Waals surface area contributed by atoms with E-state index in [1.807, 2.05) is 6.92 Å². The second-order valence-electron chi connectivity index (χ2n) is 7.25. The smallest absolute Gasteiger partial charge is 0.262 e. The van der Waals surface area contributed by atoms with Gasteiger partial charge in [-0.1, -0.05) is 42.5 Å². The van der Waals surface area contributed by atoms with Crippen LogP contribution in [0.3, 0.4) is 0 Å². The number of nitrogens with one attached hydrogen (secondary N) is 2. The van der Waals surface area contributed by atoms with Crippen molar-refractivity contribution in [3.8, 4) is 5.75 Å². The standard InChI is InChI=1S/C22H24Cl2N2O3/c1-14-11-15(23)7-10-20(14)29-13-21(27)25-17-8-9-19(24)18(12-17)22(28)26-16-5-3-2-4-6-16/h7-12,16H,2-6,13H2,1H3,(H,25,27)(H,26,28). The van der Waals surface area contributed by atoms with Gasteiger partial charge in [0.2, 0.25) is 0 Å². The largest absolute Gasteiger partial charge is 0.483 e. The van der Waals surface area contributed by atoms with E-state index in [1.54, 1.807) is 36.4 Å². The van der Waals surface area contributed by atoms with Crippen molar-refractivity contribution in [1.82, 2.24) is 5.32 Å². The maximum Gasteiger partial charge on any atom is 0.262 e. The van der Waals surface area contributed by atoms with E-state index >= 15 is 0 Å². The van der Waals surface area contributed by atoms with Gasteiger partial charge in [-0.05, 0) is 61.7 Å². The molecule has 0 saturated heterocycles. The topological polar surface area (TPSA) is 67.4 Å². The third-order valence-electron chi connectivity index (χ3n) is 4.93. The lowest BCUT2D eigenvalue weighted by Crippen LogP contribution is -2.36. The third-order valence-corrected chi connectivity index (χ3v) is 5.50. The van der Waals surface area contributed by atoms with Crippen molar-refractivity contribution in [3.63, 3.8) is 0 Å². The van der Waals surface area contributed by atoms with E-state index in [9.17, 15) is 9.59 Å². The van der Waals surface area contributed by atoms with Gasteiger partial charge in [0.05, 0.1) is 10.6 Å². The molecule has 3 rings (SSSR count). The normalized spacial score (nSPS) is 14.3. The number of rotatable bonds is 6. The summed E-state index contributed by atoms with van der Waals surface area (Å²) in [6.07, 6.45) is 5.44. The maximum absolute atomic E-state index is 12.6. The Hall–Kier alpha value is -2.24. The highest BCUT2D eigenvalue weighted by atomic mass is 35.5. The molecule has 1 saturated carbocycles. The van der Waals surface area contributed by atoms with E-state index in [2.05, 4.69) is 10.6 Å². The Kier molecular flexibility index (Phi) is 7.40. The Morgan fingerprint density at radius 2 is 1.83 bits per heavy atom. The molecule has 1 aliphatic rings. The van der Waals surface area contributed by atoms with Gasteiger partial charge >= 0.3 is 0 Å². The summed E-state index contributed by atoms with van der Waals surface area (Å²) in [6.45, 7) is 1.70. The number of benzene rings is 2. The summed E-state index contributed by atoms with van der Waals surface area (Å²) in [5, 5.41) is 6.74. The van der Waals surface area contributed by atoms with Crippen LogP contribution in [-0.4, -0.2) is 24.5 Å². The van der Waals surface area contributed by atoms with Crippen LogP contribution in [0.2, 0.25) is 10.0 Å². The number of carbonyl (C=O) groups excluding carboxylic acids is 2. The average Bonchev–Trinajstić information content (AvgIpc) is 2.69. The van der Waals surface area contributed by atoms with Gasteiger partial charge in [-0.2, -0.15) is 0 Å². The van der Waals surface area contributed by atoms with Gasteiger partial charge in [0.1, 0.15) is 5.75 Å². The van der Waals surface area contributed by atoms with E-state index < -0.39 is 0 Å². The Balaban J connectivity index is 1.59. The van der Waals surface area contributed by atoms with Crippen molar-refractivity contribution in [3.05, 3.63) is 57.6 Å². The van der Waals surface area contributed by atoms with Crippen molar-refractivity contribution in [1.29, 1.82) is 0 Å². The molecule has 2 aromatic rings. The van der Waals surface area contributed by atoms with E-state index in [-0.39, 0.29) is 24.5 Å². The first-order valence-corrected chi connectivity index (χ1v) is 10.5. The minimum Gasteiger partial charge on any atom is -0.483 e. The van der Waals surface area contributed by atoms with Crippen LogP contribution >= 0.6 is 23.2 Å². The first-order valence-electron chi connectivity index (χ1n) is 9.71. The molecule has 0 atom stereocenters. The number of hydrogen-bond donors (Lipinski definition) is 2. The van der Waals surface area contributed by atoms with Crippen LogP contribution in [0.25, 0.3) is 0 Å². The maximum atomic E-state index is 12.6. The Morgan fingerprint density at radius 1 is 1.07 bits per heavy atom. The molecule has 0 spiro atoms. The fourth-order valence-electron chi connectivity index (χ4n) is 3.40. The van der Waals surface area contributed by atoms with Crippen molar-refractivity contribution >= 4 is 40.7 Å². The Morgan fingerprint density at radius 3 is 2.55 bits per heavy atom. The number of carbonyl (C=O) groups is 2. The van der Waals surface area contributed by atoms with Gasteiger partial charge in [0, 0.05) is 16.8 Å². The van der Waals surface area contributed by atoms with Crippen LogP contribution in [0.5, 0.6) is 5.75 Å². The fourth-order valence-corrected chi connectivity index (χ4v) is 3.83. The van der Waals surface area contributed by atoms with Crippen LogP contribution < -0.4 is 15.4 Å². The highest BCUT2D eigenvalue weighted by molar-refractivity contribution is 6.34. The zero-order valence-electron chi connectivity index (χ0n) is 16.3. The second kappa shape index (κ2) is 9.99. The van der Waals surface area contributed by atoms with Crippen LogP contribution in [0.1, 0.15) is 48.0 Å². The first-order chi connectivity index (χ1) is 13.9. The number of amides is 2. The van der Waals surface area contributed by atoms with Crippen LogP contribution in [-0.2, 0) is 4.79 Å². The SMILES string of the molecule is Cc1cc(Cl)ccc1OCC(=O)Nc1ccc(Cl)c(C(=O)NC2CCCCC2)c1. The molecular weight excluding hydrogens is 411 g/mol. The lowest BCUT2D eigenvalue weighted by molar-refractivity contribution is -0.118. The summed E-state index contributed by atoms with van der Waals surface area (Å²) >= 11 is 12.1. The zero-order valence-corrected chi connectivity index (χ0v) is 17.8. The summed E-state index contributed by atoms with van der Waals surface area (Å²) in [4.78, 5) is 24.9. The molecule has 154 valence electrons. The quantitative estimate of drug-likeness (QED) is 0.640. The van der Waals surface area contributed by atoms with Gasteiger partial charge in [-0.15, -0.1) is 0 Å². The van der Waals surface area contributed by atoms with E-state index in [1.165, 1.54) is 6.42 Å². The summed E-state index contributed by atoms with van der Waals surface area (Å²) < 4.78 is 5.55. The molecule has 1 aliphatic carbocycles. The molecule has 2 amide bonds. The molecular formula is C22H24Cl2N2O3. The van der Waals surface area contributed by atoms with Crippen molar-refractivity contribution < 1.29 is 14.3 Å². The van der Waals surface area contributed by atoms with Crippen LogP contribution in [0.4, 0.5) is 5.69 Å². The van der Waals surface area contributed by atoms with E-state index in [4.69, 9.17) is 27.9 Å². The second-order valence-corrected chi connectivity index (χ2v) is 8.09. The predicted octanol–water partition coefficient (Wildman–Crippen LogP) is 5.38. The summed E-state index contributed by atoms with van der Waals surface area (Å²) in [7, 11) is 0. The number of ether oxygens (including phenoxy) is 1. The highest BCUT2D eigenvalue weighted by Crippen LogP contribution is 2.24. The van der Waals surface area contributed by atoms with Gasteiger partial charge < -0.3 is 15.4 Å². The third kappa shape index (κ3) is 6.12. The number of hydrogen-bond acceptors (Lipinski definition) is 3. The van der Waals surface area contributed by atoms with Crippen molar-refractivity contribution in [2.45, 2.75) is 45.1 Å². The van der Waals surface area contributed by atoms with Gasteiger partial charge in [0.25, 0.3) is 11.8 Å². The molecule has 0 bridgehead atoms. The minimum absolute atomic E-state index is 0.158. The summed E-state index contributed by atoms with van der Waals surface area (Å²) in [5.41, 5.74) is 1.69. The summed E-state index contributed by atoms with van der Waals surface area (Å²) in [6, 6.07) is 10.2. The lowest BCUT2D eigenvalue weighted by atomic mass is 9.95. The number of halogens is 2. The highest BCUT2D eigenvalue weighted by Gasteiger charge is 2.19. The molecule has 2 aromatic carbocycles. The first kappa shape index (κ1) is 21.5. The summed E-state index contributed by atoms with van der Waals surface area (Å²) in [5.74, 6) is 0.0413. The molecule has 5 nitrogen and oxygen atoms in total. The van der Waals surface area contributed by atoms with Gasteiger partial charge in [0.15, 0.2) is 6.61 Å². The van der Waals surface area contributed by atoms with Gasteiger partial charge in [-0.25, -0.2) is 0 Å². The molecule has 2 N–H and O–H groups in total. The number of aryl methyl sites for hydroxylation is 1. The Bertz CT molecular complexity index is 896. The van der Waals surface area contributed by atoms with Gasteiger partial charge in [-0.3, -0.25) is 9.59 Å². The molecule has 0 heterocycles. The molecule has 0 aromatic heterocycles. The average molecular weight is 435 g/mol. The lowest BCUT2D eigenvalue weighted by Gasteiger charge is -2.23. The monoisotopic (exact) mass is 434 g/mol. The number of anilines is 1. The molecule has 0 aliphatic heterocycles. The molecule has 1 fully saturated rings. The molecule has 29 heavy (non-hydrogen) atoms. The molecule has 0 radical (unpaired) electrons. The van der Waals surface area contributed by atoms with E-state index in [0.717, 1.165) is 31.2 Å². The van der Waals surface area contributed by atoms with Crippen LogP contribution in [0, 0.1) is 6.92 Å². The zero-order chi connectivity index (χ0) is 20.8. The fraction of sp³-hybridized carbons (Fsp3) is 0.364. The molecule has 7 heteroatoms.